The van der Waals surface area contributed by atoms with Gasteiger partial charge in [0.25, 0.3) is 5.69 Å². The van der Waals surface area contributed by atoms with Gasteiger partial charge in [-0.2, -0.15) is 0 Å². The number of nitro groups is 1. The first kappa shape index (κ1) is 14.9. The number of carboxylic acid groups (broad SMARTS) is 1. The van der Waals surface area contributed by atoms with Crippen LogP contribution in [0.5, 0.6) is 0 Å². The van der Waals surface area contributed by atoms with Crippen LogP contribution in [0.2, 0.25) is 0 Å². The van der Waals surface area contributed by atoms with Gasteiger partial charge in [0.15, 0.2) is 0 Å². The van der Waals surface area contributed by atoms with Gasteiger partial charge in [0.1, 0.15) is 5.56 Å². The molecule has 1 aromatic carbocycles. The molecule has 0 aromatic heterocycles. The molecule has 0 spiro atoms. The fourth-order valence-corrected chi connectivity index (χ4v) is 1.59. The Bertz CT molecular complexity index is 487. The van der Waals surface area contributed by atoms with E-state index in [0.29, 0.717) is 5.69 Å². The number of nitrogens with zero attached hydrogens (tertiary/aromatic N) is 1. The van der Waals surface area contributed by atoms with Gasteiger partial charge in [-0.05, 0) is 18.1 Å². The van der Waals surface area contributed by atoms with Crippen molar-refractivity contribution in [1.82, 2.24) is 0 Å². The number of carboxylic acids is 1. The fraction of sp³-hybridized carbons (Fsp3) is 0.417. The molecule has 0 aliphatic rings. The fourth-order valence-electron chi connectivity index (χ4n) is 1.59. The van der Waals surface area contributed by atoms with E-state index in [2.05, 4.69) is 5.32 Å². The van der Waals surface area contributed by atoms with Gasteiger partial charge in [-0.3, -0.25) is 10.1 Å². The molecule has 0 bridgehead atoms. The monoisotopic (exact) mass is 268 g/mol. The van der Waals surface area contributed by atoms with Gasteiger partial charge >= 0.3 is 5.97 Å². The quantitative estimate of drug-likeness (QED) is 0.535. The van der Waals surface area contributed by atoms with Crippen molar-refractivity contribution in [3.8, 4) is 0 Å². The number of anilines is 1. The summed E-state index contributed by atoms with van der Waals surface area (Å²) in [5.74, 6) is -1.22. The minimum Gasteiger partial charge on any atom is -0.477 e. The van der Waals surface area contributed by atoms with Crippen LogP contribution in [0, 0.1) is 16.0 Å². The van der Waals surface area contributed by atoms with Crippen molar-refractivity contribution >= 4 is 17.3 Å². The number of aliphatic hydroxyl groups is 1. The number of aromatic carboxylic acids is 1. The second-order valence-corrected chi connectivity index (χ2v) is 4.47. The molecule has 7 heteroatoms. The molecule has 7 nitrogen and oxygen atoms in total. The average Bonchev–Trinajstić information content (AvgIpc) is 2.34. The standard InChI is InChI=1S/C12H16N2O5/c1-7(2)10(6-15)13-8-3-4-9(12(16)17)11(5-8)14(18)19/h3-5,7,10,13,15H,6H2,1-2H3,(H,16,17). The third kappa shape index (κ3) is 3.65. The van der Waals surface area contributed by atoms with E-state index in [0.717, 1.165) is 6.07 Å². The SMILES string of the molecule is CC(C)C(CO)Nc1ccc(C(=O)O)c([N+](=O)[O-])c1. The van der Waals surface area contributed by atoms with Crippen LogP contribution >= 0.6 is 0 Å². The molecule has 0 radical (unpaired) electrons. The highest BCUT2D eigenvalue weighted by Gasteiger charge is 2.21. The molecule has 1 atom stereocenters. The Labute approximate surface area is 110 Å². The summed E-state index contributed by atoms with van der Waals surface area (Å²) in [6, 6.07) is 3.53. The van der Waals surface area contributed by atoms with Gasteiger partial charge in [-0.1, -0.05) is 13.8 Å². The van der Waals surface area contributed by atoms with Crippen LogP contribution in [0.1, 0.15) is 24.2 Å². The molecule has 0 fully saturated rings. The Kier molecular flexibility index (Phi) is 4.82. The van der Waals surface area contributed by atoms with Crippen LogP contribution in [0.3, 0.4) is 0 Å². The summed E-state index contributed by atoms with van der Waals surface area (Å²) >= 11 is 0. The number of hydrogen-bond donors (Lipinski definition) is 3. The molecular formula is C12H16N2O5. The van der Waals surface area contributed by atoms with Crippen molar-refractivity contribution in [3.63, 3.8) is 0 Å². The highest BCUT2D eigenvalue weighted by Crippen LogP contribution is 2.24. The van der Waals surface area contributed by atoms with Crippen LogP contribution in [0.15, 0.2) is 18.2 Å². The predicted octanol–water partition coefficient (Wildman–Crippen LogP) is 1.72. The Hall–Kier alpha value is -2.15. The predicted molar refractivity (Wildman–Crippen MR) is 69.4 cm³/mol. The zero-order valence-electron chi connectivity index (χ0n) is 10.7. The molecule has 1 unspecified atom stereocenters. The van der Waals surface area contributed by atoms with Crippen molar-refractivity contribution in [1.29, 1.82) is 0 Å². The minimum atomic E-state index is -1.35. The van der Waals surface area contributed by atoms with E-state index in [4.69, 9.17) is 5.11 Å². The zero-order valence-corrected chi connectivity index (χ0v) is 10.7. The summed E-state index contributed by atoms with van der Waals surface area (Å²) in [4.78, 5) is 21.0. The van der Waals surface area contributed by atoms with Crippen LogP contribution in [-0.2, 0) is 0 Å². The minimum absolute atomic E-state index is 0.119. The van der Waals surface area contributed by atoms with Crippen molar-refractivity contribution < 1.29 is 19.9 Å². The number of nitrogens with one attached hydrogen (secondary N) is 1. The van der Waals surface area contributed by atoms with Crippen LogP contribution < -0.4 is 5.32 Å². The van der Waals surface area contributed by atoms with Crippen molar-refractivity contribution in [3.05, 3.63) is 33.9 Å². The first-order chi connectivity index (χ1) is 8.86. The third-order valence-electron chi connectivity index (χ3n) is 2.78. The van der Waals surface area contributed by atoms with Crippen LogP contribution in [-0.4, -0.2) is 33.8 Å². The Morgan fingerprint density at radius 1 is 1.47 bits per heavy atom. The summed E-state index contributed by atoms with van der Waals surface area (Å²) in [7, 11) is 0. The number of aliphatic hydroxyl groups excluding tert-OH is 1. The van der Waals surface area contributed by atoms with E-state index < -0.39 is 16.6 Å². The summed E-state index contributed by atoms with van der Waals surface area (Å²) in [5.41, 5.74) is -0.428. The van der Waals surface area contributed by atoms with E-state index in [1.807, 2.05) is 13.8 Å². The number of benzene rings is 1. The normalized spacial score (nSPS) is 12.2. The molecule has 0 saturated carbocycles. The second kappa shape index (κ2) is 6.14. The van der Waals surface area contributed by atoms with Crippen molar-refractivity contribution in [2.24, 2.45) is 5.92 Å². The van der Waals surface area contributed by atoms with Crippen molar-refractivity contribution in [2.45, 2.75) is 19.9 Å². The van der Waals surface area contributed by atoms with Crippen LogP contribution in [0.25, 0.3) is 0 Å². The van der Waals surface area contributed by atoms with E-state index >= 15 is 0 Å². The van der Waals surface area contributed by atoms with Crippen LogP contribution in [0.4, 0.5) is 11.4 Å². The maximum absolute atomic E-state index is 10.9. The highest BCUT2D eigenvalue weighted by atomic mass is 16.6. The molecule has 0 saturated heterocycles. The lowest BCUT2D eigenvalue weighted by Gasteiger charge is -2.21. The Morgan fingerprint density at radius 3 is 2.53 bits per heavy atom. The topological polar surface area (TPSA) is 113 Å². The van der Waals surface area contributed by atoms with E-state index in [1.54, 1.807) is 0 Å². The molecular weight excluding hydrogens is 252 g/mol. The Balaban J connectivity index is 3.08. The lowest BCUT2D eigenvalue weighted by Crippen LogP contribution is -2.29. The molecule has 19 heavy (non-hydrogen) atoms. The molecule has 104 valence electrons. The Morgan fingerprint density at radius 2 is 2.11 bits per heavy atom. The maximum atomic E-state index is 10.9. The van der Waals surface area contributed by atoms with Gasteiger partial charge in [0, 0.05) is 11.8 Å². The molecule has 3 N–H and O–H groups in total. The molecule has 1 aromatic rings. The van der Waals surface area contributed by atoms with Gasteiger partial charge in [-0.15, -0.1) is 0 Å². The number of nitro benzene ring substituents is 1. The summed E-state index contributed by atoms with van der Waals surface area (Å²) in [6.07, 6.45) is 0. The first-order valence-electron chi connectivity index (χ1n) is 5.76. The van der Waals surface area contributed by atoms with Crippen molar-refractivity contribution in [2.75, 3.05) is 11.9 Å². The molecule has 0 aliphatic carbocycles. The summed E-state index contributed by atoms with van der Waals surface area (Å²) < 4.78 is 0. The second-order valence-electron chi connectivity index (χ2n) is 4.47. The van der Waals surface area contributed by atoms with E-state index in [-0.39, 0.29) is 24.1 Å². The number of carbonyl (C=O) groups is 1. The van der Waals surface area contributed by atoms with E-state index in [9.17, 15) is 20.0 Å². The lowest BCUT2D eigenvalue weighted by atomic mass is 10.0. The third-order valence-corrected chi connectivity index (χ3v) is 2.78. The first-order valence-corrected chi connectivity index (χ1v) is 5.76. The average molecular weight is 268 g/mol. The van der Waals surface area contributed by atoms with Gasteiger partial charge in [0.05, 0.1) is 17.6 Å². The smallest absolute Gasteiger partial charge is 0.342 e. The zero-order chi connectivity index (χ0) is 14.6. The summed E-state index contributed by atoms with van der Waals surface area (Å²) in [6.45, 7) is 3.67. The molecule has 1 rings (SSSR count). The summed E-state index contributed by atoms with van der Waals surface area (Å²) in [5, 5.41) is 31.8. The molecule has 0 heterocycles. The van der Waals surface area contributed by atoms with Gasteiger partial charge < -0.3 is 15.5 Å². The van der Waals surface area contributed by atoms with E-state index in [1.165, 1.54) is 12.1 Å². The van der Waals surface area contributed by atoms with Gasteiger partial charge in [-0.25, -0.2) is 4.79 Å². The maximum Gasteiger partial charge on any atom is 0.342 e. The van der Waals surface area contributed by atoms with Gasteiger partial charge in [0.2, 0.25) is 0 Å². The number of rotatable bonds is 6. The molecule has 0 aliphatic heterocycles. The molecule has 0 amide bonds. The number of hydrogen-bond acceptors (Lipinski definition) is 5. The largest absolute Gasteiger partial charge is 0.477 e. The highest BCUT2D eigenvalue weighted by molar-refractivity contribution is 5.93. The lowest BCUT2D eigenvalue weighted by molar-refractivity contribution is -0.385.